The summed E-state index contributed by atoms with van der Waals surface area (Å²) >= 11 is 2.26. The minimum atomic E-state index is -2.12. The zero-order valence-electron chi connectivity index (χ0n) is 5.88. The molecule has 0 radical (unpaired) electrons. The number of hydrogen-bond acceptors (Lipinski definition) is 0. The van der Waals surface area contributed by atoms with E-state index >= 15 is 0 Å². The maximum absolute atomic E-state index is 12.7. The molecule has 0 aliphatic heterocycles. The van der Waals surface area contributed by atoms with E-state index in [-0.39, 0.29) is 0 Å². The van der Waals surface area contributed by atoms with Gasteiger partial charge in [-0.15, -0.1) is 0 Å². The van der Waals surface area contributed by atoms with Crippen molar-refractivity contribution in [1.82, 2.24) is 0 Å². The third-order valence-electron chi connectivity index (χ3n) is 1.36. The summed E-state index contributed by atoms with van der Waals surface area (Å²) in [7, 11) is 0. The van der Waals surface area contributed by atoms with Crippen molar-refractivity contribution in [3.63, 3.8) is 0 Å². The molecule has 1 rings (SSSR count). The second-order valence-corrected chi connectivity index (χ2v) is 4.40. The fraction of sp³-hybridized carbons (Fsp3) is 0. The van der Waals surface area contributed by atoms with E-state index in [0.717, 1.165) is 0 Å². The van der Waals surface area contributed by atoms with Crippen molar-refractivity contribution in [2.75, 3.05) is 0 Å². The van der Waals surface area contributed by atoms with Gasteiger partial charge >= 0.3 is 78.3 Å². The molecule has 7 heteroatoms. The van der Waals surface area contributed by atoms with Gasteiger partial charge in [0.2, 0.25) is 0 Å². The second kappa shape index (κ2) is 3.91. The zero-order chi connectivity index (χ0) is 10.2. The zero-order valence-corrected chi connectivity index (χ0v) is 8.74. The molecule has 0 saturated carbocycles. The normalized spacial score (nSPS) is 11.5. The van der Waals surface area contributed by atoms with Crippen molar-refractivity contribution < 1.29 is 22.0 Å². The Morgan fingerprint density at radius 3 is 1.31 bits per heavy atom. The third-order valence-corrected chi connectivity index (χ3v) is 3.59. The fourth-order valence-corrected chi connectivity index (χ4v) is 2.49. The van der Waals surface area contributed by atoms with E-state index in [1.165, 1.54) is 0 Å². The van der Waals surface area contributed by atoms with E-state index in [9.17, 15) is 22.0 Å². The Morgan fingerprint density at radius 2 is 1.00 bits per heavy atom. The first-order valence-corrected chi connectivity index (χ1v) is 6.99. The van der Waals surface area contributed by atoms with E-state index in [1.807, 2.05) is 0 Å². The van der Waals surface area contributed by atoms with Crippen LogP contribution in [0, 0.1) is 29.1 Å². The monoisotopic (exact) mass is 280 g/mol. The van der Waals surface area contributed by atoms with Gasteiger partial charge in [0, 0.05) is 0 Å². The molecule has 0 amide bonds. The number of halogens is 5. The standard InChI is InChI=1S/C6H2F5PSe/c7-1-2(8)4(10)6(12-13)5(11)3(1)9/h12H2. The summed E-state index contributed by atoms with van der Waals surface area (Å²) < 4.78 is 62.6. The van der Waals surface area contributed by atoms with Crippen LogP contribution in [-0.4, -0.2) is 15.1 Å². The molecular formula is C6H2F5PSe. The Morgan fingerprint density at radius 1 is 0.692 bits per heavy atom. The van der Waals surface area contributed by atoms with E-state index in [1.54, 1.807) is 0 Å². The molecule has 0 N–H and O–H groups in total. The Kier molecular flexibility index (Phi) is 3.27. The van der Waals surface area contributed by atoms with Crippen LogP contribution in [0.1, 0.15) is 0 Å². The minimum absolute atomic E-state index is 0.753. The van der Waals surface area contributed by atoms with Gasteiger partial charge < -0.3 is 0 Å². The van der Waals surface area contributed by atoms with Crippen LogP contribution in [0.2, 0.25) is 0 Å². The molecule has 0 heterocycles. The Balaban J connectivity index is 3.66. The predicted molar refractivity (Wildman–Crippen MR) is 41.3 cm³/mol. The molecule has 0 aliphatic carbocycles. The van der Waals surface area contributed by atoms with Crippen LogP contribution >= 0.6 is 6.83 Å². The molecule has 0 fully saturated rings. The second-order valence-electron chi connectivity index (χ2n) is 2.10. The average molecular weight is 279 g/mol. The van der Waals surface area contributed by atoms with E-state index in [2.05, 4.69) is 15.1 Å². The van der Waals surface area contributed by atoms with Crippen LogP contribution in [0.25, 0.3) is 0 Å². The van der Waals surface area contributed by atoms with Crippen LogP contribution in [0.15, 0.2) is 0 Å². The van der Waals surface area contributed by atoms with Crippen LogP contribution in [-0.2, 0) is 0 Å². The summed E-state index contributed by atoms with van der Waals surface area (Å²) in [5.41, 5.74) is 0. The molecule has 0 spiro atoms. The molecule has 13 heavy (non-hydrogen) atoms. The molecule has 1 unspecified atom stereocenters. The number of hydrogen-bond donors (Lipinski definition) is 0. The van der Waals surface area contributed by atoms with Gasteiger partial charge in [0.05, 0.1) is 0 Å². The van der Waals surface area contributed by atoms with Crippen LogP contribution < -0.4 is 5.30 Å². The van der Waals surface area contributed by atoms with Crippen molar-refractivity contribution in [3.05, 3.63) is 29.1 Å². The van der Waals surface area contributed by atoms with E-state index in [4.69, 9.17) is 0 Å². The van der Waals surface area contributed by atoms with E-state index < -0.39 is 41.2 Å². The average Bonchev–Trinajstić information content (AvgIpc) is 2.13. The molecule has 0 aromatic heterocycles. The Labute approximate surface area is 78.8 Å². The van der Waals surface area contributed by atoms with Crippen molar-refractivity contribution >= 4 is 27.2 Å². The summed E-state index contributed by atoms with van der Waals surface area (Å²) in [6, 6.07) is 0. The molecule has 1 aromatic rings. The molecular weight excluding hydrogens is 277 g/mol. The van der Waals surface area contributed by atoms with Crippen molar-refractivity contribution in [1.29, 1.82) is 0 Å². The molecule has 0 saturated heterocycles. The van der Waals surface area contributed by atoms with Gasteiger partial charge in [-0.25, -0.2) is 0 Å². The van der Waals surface area contributed by atoms with E-state index in [0.29, 0.717) is 0 Å². The molecule has 0 aliphatic rings. The quantitative estimate of drug-likeness (QED) is 0.240. The molecule has 1 aromatic carbocycles. The maximum atomic E-state index is 12.7. The summed E-state index contributed by atoms with van der Waals surface area (Å²) in [6.07, 6.45) is 0. The first kappa shape index (κ1) is 10.9. The summed E-state index contributed by atoms with van der Waals surface area (Å²) in [6.45, 7) is -1.08. The Bertz CT molecular complexity index is 349. The van der Waals surface area contributed by atoms with Gasteiger partial charge in [0.25, 0.3) is 0 Å². The van der Waals surface area contributed by atoms with Crippen LogP contribution in [0.3, 0.4) is 0 Å². The summed E-state index contributed by atoms with van der Waals surface area (Å²) in [5, 5.41) is -0.753. The predicted octanol–water partition coefficient (Wildman–Crippen LogP) is 1.50. The van der Waals surface area contributed by atoms with Crippen LogP contribution in [0.4, 0.5) is 22.0 Å². The number of benzene rings is 1. The van der Waals surface area contributed by atoms with Crippen molar-refractivity contribution in [3.8, 4) is 0 Å². The van der Waals surface area contributed by atoms with Gasteiger partial charge in [0.15, 0.2) is 0 Å². The molecule has 72 valence electrons. The van der Waals surface area contributed by atoms with Gasteiger partial charge in [-0.3, -0.25) is 0 Å². The summed E-state index contributed by atoms with van der Waals surface area (Å²) in [5.74, 6) is -9.39. The van der Waals surface area contributed by atoms with Gasteiger partial charge in [-0.2, -0.15) is 0 Å². The Hall–Kier alpha value is -0.181. The SMILES string of the molecule is Fc1c(F)c(F)c([PH2]=[Se])c(F)c1F. The number of rotatable bonds is 1. The molecule has 0 nitrogen and oxygen atoms in total. The fourth-order valence-electron chi connectivity index (χ4n) is 0.725. The molecule has 1 atom stereocenters. The van der Waals surface area contributed by atoms with Crippen molar-refractivity contribution in [2.24, 2.45) is 0 Å². The van der Waals surface area contributed by atoms with Crippen molar-refractivity contribution in [2.45, 2.75) is 0 Å². The van der Waals surface area contributed by atoms with Gasteiger partial charge in [-0.05, 0) is 0 Å². The van der Waals surface area contributed by atoms with Gasteiger partial charge in [-0.1, -0.05) is 0 Å². The molecule has 0 bridgehead atoms. The van der Waals surface area contributed by atoms with Crippen LogP contribution in [0.5, 0.6) is 0 Å². The summed E-state index contributed by atoms with van der Waals surface area (Å²) in [4.78, 5) is 0. The first-order valence-electron chi connectivity index (χ1n) is 2.97. The van der Waals surface area contributed by atoms with Gasteiger partial charge in [0.1, 0.15) is 0 Å². The third kappa shape index (κ3) is 1.71. The first-order chi connectivity index (χ1) is 6.00. The topological polar surface area (TPSA) is 0 Å².